The molecule has 0 unspecified atom stereocenters. The third kappa shape index (κ3) is 4.81. The Hall–Kier alpha value is -1.63. The van der Waals surface area contributed by atoms with E-state index in [0.29, 0.717) is 18.1 Å². The highest BCUT2D eigenvalue weighted by atomic mass is 35.5. The molecule has 0 amide bonds. The predicted molar refractivity (Wildman–Crippen MR) is 103 cm³/mol. The molecular formula is C21H25ClO5. The number of halogens is 1. The molecule has 5 nitrogen and oxygen atoms in total. The summed E-state index contributed by atoms with van der Waals surface area (Å²) >= 11 is 6.37. The lowest BCUT2D eigenvalue weighted by molar-refractivity contribution is -0.179. The molecule has 3 N–H and O–H groups in total. The lowest BCUT2D eigenvalue weighted by Gasteiger charge is -2.37. The van der Waals surface area contributed by atoms with Gasteiger partial charge in [-0.2, -0.15) is 0 Å². The molecule has 0 bridgehead atoms. The van der Waals surface area contributed by atoms with Crippen molar-refractivity contribution in [3.05, 3.63) is 64.2 Å². The first-order chi connectivity index (χ1) is 13.0. The summed E-state index contributed by atoms with van der Waals surface area (Å²) in [7, 11) is 0. The van der Waals surface area contributed by atoms with E-state index in [9.17, 15) is 15.3 Å². The summed E-state index contributed by atoms with van der Waals surface area (Å²) in [6.07, 6.45) is -2.37. The van der Waals surface area contributed by atoms with Gasteiger partial charge in [0.2, 0.25) is 0 Å². The highest BCUT2D eigenvalue weighted by molar-refractivity contribution is 6.31. The maximum atomic E-state index is 10.3. The molecule has 1 aliphatic rings. The summed E-state index contributed by atoms with van der Waals surface area (Å²) in [5.74, 6) is 0.823. The summed E-state index contributed by atoms with van der Waals surface area (Å²) in [5, 5.41) is 30.4. The number of hydrogen-bond donors (Lipinski definition) is 3. The zero-order chi connectivity index (χ0) is 19.4. The molecule has 1 fully saturated rings. The van der Waals surface area contributed by atoms with Gasteiger partial charge < -0.3 is 24.8 Å². The van der Waals surface area contributed by atoms with Crippen molar-refractivity contribution in [1.29, 1.82) is 0 Å². The number of ether oxygens (including phenoxy) is 2. The molecule has 27 heavy (non-hydrogen) atoms. The van der Waals surface area contributed by atoms with Crippen molar-refractivity contribution < 1.29 is 24.8 Å². The largest absolute Gasteiger partial charge is 0.494 e. The van der Waals surface area contributed by atoms with Gasteiger partial charge in [-0.15, -0.1) is 0 Å². The second-order valence-corrected chi connectivity index (χ2v) is 7.17. The highest BCUT2D eigenvalue weighted by Crippen LogP contribution is 2.34. The van der Waals surface area contributed by atoms with Gasteiger partial charge in [0.15, 0.2) is 0 Å². The van der Waals surface area contributed by atoms with Crippen LogP contribution in [0, 0.1) is 0 Å². The van der Waals surface area contributed by atoms with Crippen molar-refractivity contribution in [1.82, 2.24) is 0 Å². The van der Waals surface area contributed by atoms with E-state index in [2.05, 4.69) is 0 Å². The summed E-state index contributed by atoms with van der Waals surface area (Å²) in [5.41, 5.74) is 2.70. The third-order valence-electron chi connectivity index (χ3n) is 4.78. The summed E-state index contributed by atoms with van der Waals surface area (Å²) in [6, 6.07) is 13.3. The van der Waals surface area contributed by atoms with E-state index in [4.69, 9.17) is 21.1 Å². The van der Waals surface area contributed by atoms with Crippen LogP contribution in [0.15, 0.2) is 42.5 Å². The number of aliphatic hydroxyl groups is 3. The fourth-order valence-corrected chi connectivity index (χ4v) is 3.53. The minimum Gasteiger partial charge on any atom is -0.494 e. The normalized spacial score (nSPS) is 25.4. The van der Waals surface area contributed by atoms with E-state index in [-0.39, 0.29) is 13.0 Å². The van der Waals surface area contributed by atoms with Gasteiger partial charge in [0.25, 0.3) is 0 Å². The van der Waals surface area contributed by atoms with E-state index in [1.54, 1.807) is 12.1 Å². The Morgan fingerprint density at radius 1 is 1.15 bits per heavy atom. The SMILES string of the molecule is CCOc1ccc(Cc2cc([C@@H]3O[C@H](CO)C[C@H](O)[C@H]3O)ccc2Cl)cc1. The summed E-state index contributed by atoms with van der Waals surface area (Å²) in [4.78, 5) is 0. The molecule has 0 saturated carbocycles. The van der Waals surface area contributed by atoms with Crippen molar-refractivity contribution in [3.8, 4) is 5.75 Å². The lowest BCUT2D eigenvalue weighted by Crippen LogP contribution is -2.44. The molecule has 2 aromatic rings. The Morgan fingerprint density at radius 2 is 1.89 bits per heavy atom. The van der Waals surface area contributed by atoms with Crippen LogP contribution in [0.25, 0.3) is 0 Å². The molecule has 1 aliphatic heterocycles. The van der Waals surface area contributed by atoms with Crippen LogP contribution in [0.2, 0.25) is 5.02 Å². The summed E-state index contributed by atoms with van der Waals surface area (Å²) in [6.45, 7) is 2.36. The number of aliphatic hydroxyl groups excluding tert-OH is 3. The minimum atomic E-state index is -1.05. The quantitative estimate of drug-likeness (QED) is 0.704. The summed E-state index contributed by atoms with van der Waals surface area (Å²) < 4.78 is 11.2. The molecule has 1 saturated heterocycles. The van der Waals surface area contributed by atoms with Gasteiger partial charge in [-0.05, 0) is 48.2 Å². The number of rotatable bonds is 6. The lowest BCUT2D eigenvalue weighted by atomic mass is 9.91. The molecule has 0 spiro atoms. The van der Waals surface area contributed by atoms with Crippen LogP contribution >= 0.6 is 11.6 Å². The van der Waals surface area contributed by atoms with Crippen molar-refractivity contribution in [2.45, 2.75) is 44.2 Å². The maximum Gasteiger partial charge on any atom is 0.119 e. The van der Waals surface area contributed by atoms with Gasteiger partial charge in [0.05, 0.1) is 25.4 Å². The number of hydrogen-bond acceptors (Lipinski definition) is 5. The van der Waals surface area contributed by atoms with Crippen LogP contribution in [0.3, 0.4) is 0 Å². The van der Waals surface area contributed by atoms with E-state index in [0.717, 1.165) is 22.4 Å². The van der Waals surface area contributed by atoms with Crippen molar-refractivity contribution in [2.75, 3.05) is 13.2 Å². The van der Waals surface area contributed by atoms with Gasteiger partial charge in [0, 0.05) is 11.4 Å². The molecule has 6 heteroatoms. The van der Waals surface area contributed by atoms with Crippen molar-refractivity contribution in [2.24, 2.45) is 0 Å². The van der Waals surface area contributed by atoms with Gasteiger partial charge in [-0.1, -0.05) is 35.9 Å². The maximum absolute atomic E-state index is 10.3. The van der Waals surface area contributed by atoms with E-state index in [1.165, 1.54) is 0 Å². The second-order valence-electron chi connectivity index (χ2n) is 6.76. The van der Waals surface area contributed by atoms with Gasteiger partial charge >= 0.3 is 0 Å². The molecule has 0 aromatic heterocycles. The van der Waals surface area contributed by atoms with E-state index < -0.39 is 24.4 Å². The minimum absolute atomic E-state index is 0.201. The van der Waals surface area contributed by atoms with E-state index in [1.807, 2.05) is 37.3 Å². The predicted octanol–water partition coefficient (Wildman–Crippen LogP) is 2.87. The van der Waals surface area contributed by atoms with Crippen LogP contribution in [0.4, 0.5) is 0 Å². The van der Waals surface area contributed by atoms with Crippen molar-refractivity contribution >= 4 is 11.6 Å². The molecule has 3 rings (SSSR count). The topological polar surface area (TPSA) is 79.2 Å². The molecule has 0 aliphatic carbocycles. The fraction of sp³-hybridized carbons (Fsp3) is 0.429. The first-order valence-corrected chi connectivity index (χ1v) is 9.52. The highest BCUT2D eigenvalue weighted by Gasteiger charge is 2.37. The zero-order valence-electron chi connectivity index (χ0n) is 15.2. The average molecular weight is 393 g/mol. The smallest absolute Gasteiger partial charge is 0.119 e. The first kappa shape index (κ1) is 20.1. The third-order valence-corrected chi connectivity index (χ3v) is 5.15. The Balaban J connectivity index is 1.81. The Kier molecular flexibility index (Phi) is 6.73. The van der Waals surface area contributed by atoms with Gasteiger partial charge in [0.1, 0.15) is 18.0 Å². The fourth-order valence-electron chi connectivity index (χ4n) is 3.34. The molecule has 1 heterocycles. The molecule has 2 aromatic carbocycles. The van der Waals surface area contributed by atoms with Gasteiger partial charge in [-0.3, -0.25) is 0 Å². The molecule has 4 atom stereocenters. The Morgan fingerprint density at radius 3 is 2.56 bits per heavy atom. The standard InChI is InChI=1S/C21H25ClO5/c1-2-26-16-6-3-13(4-7-16)9-15-10-14(5-8-18(15)22)21-20(25)19(24)11-17(12-23)27-21/h3-8,10,17,19-21,23-25H,2,9,11-12H2,1H3/t17-,19-,20+,21-/m0/s1. The van der Waals surface area contributed by atoms with E-state index >= 15 is 0 Å². The van der Waals surface area contributed by atoms with Crippen LogP contribution in [-0.2, 0) is 11.2 Å². The van der Waals surface area contributed by atoms with Gasteiger partial charge in [-0.25, -0.2) is 0 Å². The second kappa shape index (κ2) is 9.04. The zero-order valence-corrected chi connectivity index (χ0v) is 16.0. The number of benzene rings is 2. The average Bonchev–Trinajstić information content (AvgIpc) is 2.67. The van der Waals surface area contributed by atoms with Crippen LogP contribution < -0.4 is 4.74 Å². The Bertz CT molecular complexity index is 749. The Labute approximate surface area is 164 Å². The van der Waals surface area contributed by atoms with Crippen LogP contribution in [0.5, 0.6) is 5.75 Å². The monoisotopic (exact) mass is 392 g/mol. The first-order valence-electron chi connectivity index (χ1n) is 9.14. The van der Waals surface area contributed by atoms with Crippen LogP contribution in [0.1, 0.15) is 36.1 Å². The van der Waals surface area contributed by atoms with Crippen LogP contribution in [-0.4, -0.2) is 46.8 Å². The van der Waals surface area contributed by atoms with Crippen molar-refractivity contribution in [3.63, 3.8) is 0 Å². The molecular weight excluding hydrogens is 368 g/mol. The molecule has 0 radical (unpaired) electrons. The molecule has 146 valence electrons.